The van der Waals surface area contributed by atoms with Crippen molar-refractivity contribution in [2.75, 3.05) is 46.9 Å². The fraction of sp³-hybridized carbons (Fsp3) is 0.480. The topological polar surface area (TPSA) is 79.8 Å². The second kappa shape index (κ2) is 11.2. The number of carbonyl (C=O) groups excluding carboxylic acids is 1. The number of ether oxygens (including phenoxy) is 2. The lowest BCUT2D eigenvalue weighted by atomic mass is 10.1. The maximum absolute atomic E-state index is 13.2. The van der Waals surface area contributed by atoms with Crippen molar-refractivity contribution < 1.29 is 14.3 Å². The van der Waals surface area contributed by atoms with Crippen LogP contribution in [0.3, 0.4) is 0 Å². The molecule has 3 heterocycles. The Bertz CT molecular complexity index is 1140. The van der Waals surface area contributed by atoms with E-state index in [0.29, 0.717) is 23.1 Å². The van der Waals surface area contributed by atoms with E-state index >= 15 is 0 Å². The molecular weight excluding hydrogens is 450 g/mol. The second-order valence-electron chi connectivity index (χ2n) is 8.48. The van der Waals surface area contributed by atoms with Crippen molar-refractivity contribution >= 4 is 27.5 Å². The zero-order chi connectivity index (χ0) is 24.1. The van der Waals surface area contributed by atoms with Crippen LogP contribution in [0.15, 0.2) is 24.3 Å². The lowest BCUT2D eigenvalue weighted by Crippen LogP contribution is -2.45. The Morgan fingerprint density at radius 2 is 1.79 bits per heavy atom. The molecule has 1 amide bonds. The van der Waals surface area contributed by atoms with Crippen LogP contribution in [0.25, 0.3) is 10.2 Å². The molecule has 1 aromatic carbocycles. The number of aromatic nitrogens is 2. The van der Waals surface area contributed by atoms with Gasteiger partial charge in [-0.05, 0) is 30.2 Å². The monoisotopic (exact) mass is 483 g/mol. The average molecular weight is 484 g/mol. The van der Waals surface area contributed by atoms with Crippen LogP contribution in [0.2, 0.25) is 0 Å². The Morgan fingerprint density at radius 3 is 2.47 bits per heavy atom. The van der Waals surface area contributed by atoms with Gasteiger partial charge in [0.25, 0.3) is 5.91 Å². The van der Waals surface area contributed by atoms with E-state index in [4.69, 9.17) is 9.47 Å². The summed E-state index contributed by atoms with van der Waals surface area (Å²) in [6, 6.07) is 8.36. The first-order valence-electron chi connectivity index (χ1n) is 11.7. The van der Waals surface area contributed by atoms with Gasteiger partial charge in [0.05, 0.1) is 17.4 Å². The molecule has 8 nitrogen and oxygen atoms in total. The molecule has 4 rings (SSSR count). The van der Waals surface area contributed by atoms with Gasteiger partial charge in [-0.25, -0.2) is 4.98 Å². The van der Waals surface area contributed by atoms with Gasteiger partial charge in [-0.15, -0.1) is 11.3 Å². The molecule has 2 aromatic heterocycles. The van der Waals surface area contributed by atoms with Gasteiger partial charge in [0.15, 0.2) is 5.82 Å². The van der Waals surface area contributed by atoms with Crippen molar-refractivity contribution in [3.63, 3.8) is 0 Å². The van der Waals surface area contributed by atoms with Gasteiger partial charge in [-0.2, -0.15) is 4.98 Å². The van der Waals surface area contributed by atoms with Crippen molar-refractivity contribution in [2.24, 2.45) is 0 Å². The number of nitrogens with one attached hydrogen (secondary N) is 1. The predicted molar refractivity (Wildman–Crippen MR) is 134 cm³/mol. The number of amides is 1. The molecule has 0 unspecified atom stereocenters. The summed E-state index contributed by atoms with van der Waals surface area (Å²) in [5.41, 5.74) is 3.24. The molecule has 1 aliphatic heterocycles. The van der Waals surface area contributed by atoms with Crippen LogP contribution in [-0.4, -0.2) is 72.6 Å². The third-order valence-electron chi connectivity index (χ3n) is 6.34. The zero-order valence-corrected chi connectivity index (χ0v) is 21.2. The van der Waals surface area contributed by atoms with E-state index in [9.17, 15) is 4.79 Å². The average Bonchev–Trinajstić information content (AvgIpc) is 3.20. The predicted octanol–water partition coefficient (Wildman–Crippen LogP) is 3.22. The van der Waals surface area contributed by atoms with E-state index in [1.54, 1.807) is 14.2 Å². The van der Waals surface area contributed by atoms with Crippen LogP contribution in [-0.2, 0) is 24.4 Å². The molecule has 0 atom stereocenters. The zero-order valence-electron chi connectivity index (χ0n) is 20.4. The summed E-state index contributed by atoms with van der Waals surface area (Å²) in [5.74, 6) is 0.898. The normalized spacial score (nSPS) is 15.1. The van der Waals surface area contributed by atoms with Crippen LogP contribution >= 0.6 is 11.3 Å². The van der Waals surface area contributed by atoms with Gasteiger partial charge in [0.1, 0.15) is 11.4 Å². The number of hydrogen-bond acceptors (Lipinski definition) is 8. The number of aryl methyl sites for hydroxylation is 1. The van der Waals surface area contributed by atoms with Crippen molar-refractivity contribution in [2.45, 2.75) is 33.5 Å². The smallest absolute Gasteiger partial charge is 0.261 e. The first kappa shape index (κ1) is 24.5. The first-order valence-corrected chi connectivity index (χ1v) is 12.5. The Labute approximate surface area is 204 Å². The number of benzene rings is 1. The molecule has 0 radical (unpaired) electrons. The molecule has 0 saturated carbocycles. The summed E-state index contributed by atoms with van der Waals surface area (Å²) in [7, 11) is 3.18. The minimum Gasteiger partial charge on any atom is -0.480 e. The van der Waals surface area contributed by atoms with E-state index in [1.807, 2.05) is 13.0 Å². The van der Waals surface area contributed by atoms with Crippen LogP contribution < -0.4 is 10.1 Å². The van der Waals surface area contributed by atoms with Crippen molar-refractivity contribution in [1.29, 1.82) is 0 Å². The van der Waals surface area contributed by atoms with Gasteiger partial charge in [-0.3, -0.25) is 9.69 Å². The molecule has 34 heavy (non-hydrogen) atoms. The summed E-state index contributed by atoms with van der Waals surface area (Å²) in [5, 5.41) is 3.90. The fourth-order valence-corrected chi connectivity index (χ4v) is 5.45. The fourth-order valence-electron chi connectivity index (χ4n) is 4.35. The molecule has 0 aliphatic carbocycles. The van der Waals surface area contributed by atoms with Crippen molar-refractivity contribution in [3.8, 4) is 5.88 Å². The van der Waals surface area contributed by atoms with Crippen LogP contribution in [0, 0.1) is 6.92 Å². The highest BCUT2D eigenvalue weighted by Gasteiger charge is 2.22. The number of thiophene rings is 1. The minimum absolute atomic E-state index is 0.109. The third kappa shape index (κ3) is 5.38. The van der Waals surface area contributed by atoms with E-state index in [1.165, 1.54) is 16.9 Å². The van der Waals surface area contributed by atoms with Crippen LogP contribution in [0.1, 0.15) is 39.1 Å². The van der Waals surface area contributed by atoms with Gasteiger partial charge in [0.2, 0.25) is 5.88 Å². The highest BCUT2D eigenvalue weighted by atomic mass is 32.1. The van der Waals surface area contributed by atoms with Gasteiger partial charge < -0.3 is 19.7 Å². The highest BCUT2D eigenvalue weighted by Crippen LogP contribution is 2.35. The molecule has 3 aromatic rings. The van der Waals surface area contributed by atoms with Crippen molar-refractivity contribution in [3.05, 3.63) is 51.7 Å². The van der Waals surface area contributed by atoms with E-state index in [-0.39, 0.29) is 12.5 Å². The second-order valence-corrected chi connectivity index (χ2v) is 9.48. The molecule has 1 saturated heterocycles. The molecule has 9 heteroatoms. The lowest BCUT2D eigenvalue weighted by molar-refractivity contribution is 0.0954. The summed E-state index contributed by atoms with van der Waals surface area (Å²) in [6.45, 7) is 11.3. The molecule has 0 spiro atoms. The quantitative estimate of drug-likeness (QED) is 0.501. The number of likely N-dealkylation sites (N-methyl/N-ethyl adjacent to an activating group) is 1. The number of piperazine rings is 1. The largest absolute Gasteiger partial charge is 0.480 e. The molecule has 1 aliphatic rings. The van der Waals surface area contributed by atoms with Crippen molar-refractivity contribution in [1.82, 2.24) is 25.1 Å². The maximum Gasteiger partial charge on any atom is 0.261 e. The summed E-state index contributed by atoms with van der Waals surface area (Å²) >= 11 is 1.36. The van der Waals surface area contributed by atoms with Crippen LogP contribution in [0.5, 0.6) is 5.88 Å². The third-order valence-corrected chi connectivity index (χ3v) is 7.52. The Kier molecular flexibility index (Phi) is 8.10. The minimum atomic E-state index is -0.109. The molecule has 1 fully saturated rings. The van der Waals surface area contributed by atoms with Gasteiger partial charge in [0, 0.05) is 46.4 Å². The Morgan fingerprint density at radius 1 is 1.09 bits per heavy atom. The van der Waals surface area contributed by atoms with E-state index in [2.05, 4.69) is 50.2 Å². The Hall–Kier alpha value is -2.59. The lowest BCUT2D eigenvalue weighted by Gasteiger charge is -2.34. The molecule has 1 N–H and O–H groups in total. The SMILES string of the molecule is CCN1CCN(Cc2ccccc2CNC(=O)c2sc3nc(COC)nc(OC)c3c2C)CC1. The molecular formula is C25H33N5O3S. The van der Waals surface area contributed by atoms with E-state index < -0.39 is 0 Å². The maximum atomic E-state index is 13.2. The summed E-state index contributed by atoms with van der Waals surface area (Å²) in [4.78, 5) is 28.5. The number of methoxy groups -OCH3 is 2. The molecule has 0 bridgehead atoms. The van der Waals surface area contributed by atoms with E-state index in [0.717, 1.165) is 60.6 Å². The highest BCUT2D eigenvalue weighted by molar-refractivity contribution is 7.20. The number of fused-ring (bicyclic) bond motifs is 1. The standard InChI is InChI=1S/C25H33N5O3S/c1-5-29-10-12-30(13-11-29)15-19-9-7-6-8-18(19)14-26-23(31)22-17(2)21-24(33-4)27-20(16-32-3)28-25(21)34-22/h6-9H,5,10-16H2,1-4H3,(H,26,31). The van der Waals surface area contributed by atoms with Gasteiger partial charge in [-0.1, -0.05) is 31.2 Å². The van der Waals surface area contributed by atoms with Gasteiger partial charge >= 0.3 is 0 Å². The number of carbonyl (C=O) groups is 1. The first-order chi connectivity index (χ1) is 16.5. The number of nitrogens with zero attached hydrogens (tertiary/aromatic N) is 4. The summed E-state index contributed by atoms with van der Waals surface area (Å²) in [6.07, 6.45) is 0. The number of hydrogen-bond donors (Lipinski definition) is 1. The molecule has 182 valence electrons. The Balaban J connectivity index is 1.47. The van der Waals surface area contributed by atoms with Crippen LogP contribution in [0.4, 0.5) is 0 Å². The number of rotatable bonds is 9. The summed E-state index contributed by atoms with van der Waals surface area (Å²) < 4.78 is 10.6.